The molecule has 0 bridgehead atoms. The largest absolute Gasteiger partial charge is 0.293 e. The van der Waals surface area contributed by atoms with Gasteiger partial charge in [0.25, 0.3) is 0 Å². The molecular formula is C15H20ClNO. The Hall–Kier alpha value is -0.860. The fraction of sp³-hybridized carbons (Fsp3) is 0.533. The van der Waals surface area contributed by atoms with Gasteiger partial charge in [0.2, 0.25) is 0 Å². The molecule has 18 heavy (non-hydrogen) atoms. The predicted octanol–water partition coefficient (Wildman–Crippen LogP) is 3.64. The molecule has 0 saturated heterocycles. The third-order valence-corrected chi connectivity index (χ3v) is 3.77. The van der Waals surface area contributed by atoms with Crippen LogP contribution in [0.2, 0.25) is 5.02 Å². The first-order valence-electron chi connectivity index (χ1n) is 6.59. The van der Waals surface area contributed by atoms with E-state index in [4.69, 9.17) is 11.6 Å². The van der Waals surface area contributed by atoms with E-state index in [1.54, 1.807) is 12.1 Å². The third-order valence-electron chi connectivity index (χ3n) is 3.44. The first kappa shape index (κ1) is 13.6. The van der Waals surface area contributed by atoms with Crippen molar-refractivity contribution in [1.82, 2.24) is 4.90 Å². The normalized spacial score (nSPS) is 15.4. The quantitative estimate of drug-likeness (QED) is 0.732. The fourth-order valence-electron chi connectivity index (χ4n) is 2.05. The number of nitrogens with zero attached hydrogens (tertiary/aromatic N) is 1. The molecular weight excluding hydrogens is 246 g/mol. The summed E-state index contributed by atoms with van der Waals surface area (Å²) >= 11 is 6.06. The molecule has 1 fully saturated rings. The maximum atomic E-state index is 12.3. The fourth-order valence-corrected chi connectivity index (χ4v) is 2.29. The van der Waals surface area contributed by atoms with Gasteiger partial charge in [-0.25, -0.2) is 0 Å². The number of ketones is 1. The van der Waals surface area contributed by atoms with Gasteiger partial charge >= 0.3 is 0 Å². The summed E-state index contributed by atoms with van der Waals surface area (Å²) in [5, 5.41) is 0.553. The molecule has 98 valence electrons. The van der Waals surface area contributed by atoms with Crippen LogP contribution in [0.1, 0.15) is 37.0 Å². The van der Waals surface area contributed by atoms with Gasteiger partial charge in [-0.15, -0.1) is 0 Å². The molecule has 0 atom stereocenters. The average molecular weight is 266 g/mol. The van der Waals surface area contributed by atoms with Crippen LogP contribution < -0.4 is 0 Å². The Morgan fingerprint density at radius 3 is 2.61 bits per heavy atom. The minimum Gasteiger partial charge on any atom is -0.293 e. The summed E-state index contributed by atoms with van der Waals surface area (Å²) in [4.78, 5) is 14.5. The van der Waals surface area contributed by atoms with Crippen LogP contribution in [0.4, 0.5) is 0 Å². The molecule has 2 rings (SSSR count). The van der Waals surface area contributed by atoms with Crippen LogP contribution in [0.5, 0.6) is 0 Å². The summed E-state index contributed by atoms with van der Waals surface area (Å²) < 4.78 is 0. The van der Waals surface area contributed by atoms with Crippen LogP contribution >= 0.6 is 11.6 Å². The highest BCUT2D eigenvalue weighted by Crippen LogP contribution is 2.30. The Balaban J connectivity index is 2.02. The molecule has 3 heteroatoms. The van der Waals surface area contributed by atoms with Crippen LogP contribution in [-0.4, -0.2) is 29.8 Å². The SMILES string of the molecule is CC(C)N(CC(=O)c1ccccc1Cl)CC1CC1. The molecule has 0 spiro atoms. The zero-order chi connectivity index (χ0) is 13.1. The van der Waals surface area contributed by atoms with Gasteiger partial charge in [-0.1, -0.05) is 23.7 Å². The van der Waals surface area contributed by atoms with Gasteiger partial charge in [-0.2, -0.15) is 0 Å². The second-order valence-electron chi connectivity index (χ2n) is 5.37. The lowest BCUT2D eigenvalue weighted by Gasteiger charge is -2.25. The monoisotopic (exact) mass is 265 g/mol. The average Bonchev–Trinajstić information content (AvgIpc) is 3.12. The lowest BCUT2D eigenvalue weighted by atomic mass is 10.1. The molecule has 1 aliphatic rings. The molecule has 0 aliphatic heterocycles. The lowest BCUT2D eigenvalue weighted by molar-refractivity contribution is 0.0901. The van der Waals surface area contributed by atoms with Gasteiger partial charge < -0.3 is 0 Å². The van der Waals surface area contributed by atoms with Gasteiger partial charge in [0.05, 0.1) is 11.6 Å². The summed E-state index contributed by atoms with van der Waals surface area (Å²) in [7, 11) is 0. The van der Waals surface area contributed by atoms with Crippen LogP contribution in [0.3, 0.4) is 0 Å². The topological polar surface area (TPSA) is 20.3 Å². The van der Waals surface area contributed by atoms with E-state index in [1.165, 1.54) is 12.8 Å². The van der Waals surface area contributed by atoms with Crippen LogP contribution in [0, 0.1) is 5.92 Å². The first-order valence-corrected chi connectivity index (χ1v) is 6.97. The molecule has 1 aromatic rings. The van der Waals surface area contributed by atoms with E-state index < -0.39 is 0 Å². The molecule has 0 unspecified atom stereocenters. The second-order valence-corrected chi connectivity index (χ2v) is 5.78. The van der Waals surface area contributed by atoms with Gasteiger partial charge in [-0.05, 0) is 44.7 Å². The standard InChI is InChI=1S/C15H20ClNO/c1-11(2)17(9-12-7-8-12)10-15(18)13-5-3-4-6-14(13)16/h3-6,11-12H,7-10H2,1-2H3. The van der Waals surface area contributed by atoms with E-state index in [2.05, 4.69) is 18.7 Å². The van der Waals surface area contributed by atoms with Crippen molar-refractivity contribution in [2.75, 3.05) is 13.1 Å². The number of Topliss-reactive ketones (excluding diaryl/α,β-unsaturated/α-hetero) is 1. The Kier molecular flexibility index (Phi) is 4.41. The van der Waals surface area contributed by atoms with Crippen molar-refractivity contribution in [2.45, 2.75) is 32.7 Å². The highest BCUT2D eigenvalue weighted by molar-refractivity contribution is 6.34. The molecule has 0 N–H and O–H groups in total. The number of carbonyl (C=O) groups excluding carboxylic acids is 1. The van der Waals surface area contributed by atoms with E-state index in [0.29, 0.717) is 23.2 Å². The van der Waals surface area contributed by atoms with Crippen molar-refractivity contribution in [3.8, 4) is 0 Å². The Labute approximate surface area is 114 Å². The summed E-state index contributed by atoms with van der Waals surface area (Å²) in [5.41, 5.74) is 0.639. The van der Waals surface area contributed by atoms with Gasteiger partial charge in [-0.3, -0.25) is 9.69 Å². The van der Waals surface area contributed by atoms with Crippen molar-refractivity contribution in [3.05, 3.63) is 34.9 Å². The molecule has 0 radical (unpaired) electrons. The molecule has 0 amide bonds. The zero-order valence-electron chi connectivity index (χ0n) is 11.0. The van der Waals surface area contributed by atoms with Crippen molar-refractivity contribution < 1.29 is 4.79 Å². The number of rotatable bonds is 6. The van der Waals surface area contributed by atoms with Crippen LogP contribution in [-0.2, 0) is 0 Å². The Morgan fingerprint density at radius 1 is 1.39 bits per heavy atom. The molecule has 1 aliphatic carbocycles. The molecule has 1 saturated carbocycles. The number of benzene rings is 1. The van der Waals surface area contributed by atoms with Crippen molar-refractivity contribution in [3.63, 3.8) is 0 Å². The van der Waals surface area contributed by atoms with Crippen LogP contribution in [0.15, 0.2) is 24.3 Å². The highest BCUT2D eigenvalue weighted by Gasteiger charge is 2.26. The van der Waals surface area contributed by atoms with Gasteiger partial charge in [0, 0.05) is 18.2 Å². The van der Waals surface area contributed by atoms with Crippen molar-refractivity contribution >= 4 is 17.4 Å². The first-order chi connectivity index (χ1) is 8.58. The maximum absolute atomic E-state index is 12.3. The summed E-state index contributed by atoms with van der Waals surface area (Å²) in [6.45, 7) is 5.79. The Morgan fingerprint density at radius 2 is 2.06 bits per heavy atom. The number of carbonyl (C=O) groups is 1. The summed E-state index contributed by atoms with van der Waals surface area (Å²) in [6.07, 6.45) is 2.62. The predicted molar refractivity (Wildman–Crippen MR) is 75.2 cm³/mol. The van der Waals surface area contributed by atoms with E-state index in [9.17, 15) is 4.79 Å². The molecule has 0 heterocycles. The molecule has 0 aromatic heterocycles. The minimum atomic E-state index is 0.120. The smallest absolute Gasteiger partial charge is 0.178 e. The van der Waals surface area contributed by atoms with Crippen LogP contribution in [0.25, 0.3) is 0 Å². The third kappa shape index (κ3) is 3.56. The number of hydrogen-bond acceptors (Lipinski definition) is 2. The number of halogens is 1. The Bertz CT molecular complexity index is 426. The van der Waals surface area contributed by atoms with Gasteiger partial charge in [0.1, 0.15) is 0 Å². The van der Waals surface area contributed by atoms with Gasteiger partial charge in [0.15, 0.2) is 5.78 Å². The van der Waals surface area contributed by atoms with E-state index in [1.807, 2.05) is 12.1 Å². The number of hydrogen-bond donors (Lipinski definition) is 0. The van der Waals surface area contributed by atoms with Crippen molar-refractivity contribution in [1.29, 1.82) is 0 Å². The van der Waals surface area contributed by atoms with E-state index in [0.717, 1.165) is 12.5 Å². The molecule has 2 nitrogen and oxygen atoms in total. The highest BCUT2D eigenvalue weighted by atomic mass is 35.5. The minimum absolute atomic E-state index is 0.120. The summed E-state index contributed by atoms with van der Waals surface area (Å²) in [6, 6.07) is 7.69. The van der Waals surface area contributed by atoms with E-state index in [-0.39, 0.29) is 5.78 Å². The zero-order valence-corrected chi connectivity index (χ0v) is 11.8. The lowest BCUT2D eigenvalue weighted by Crippen LogP contribution is -2.37. The molecule has 1 aromatic carbocycles. The van der Waals surface area contributed by atoms with E-state index >= 15 is 0 Å². The summed E-state index contributed by atoms with van der Waals surface area (Å²) in [5.74, 6) is 0.918. The van der Waals surface area contributed by atoms with Crippen molar-refractivity contribution in [2.24, 2.45) is 5.92 Å². The maximum Gasteiger partial charge on any atom is 0.178 e. The second kappa shape index (κ2) is 5.85.